The monoisotopic (exact) mass is 414 g/mol. The van der Waals surface area contributed by atoms with Crippen molar-refractivity contribution in [3.8, 4) is 0 Å². The molecule has 0 aliphatic heterocycles. The molecule has 4 rings (SSSR count). The van der Waals surface area contributed by atoms with E-state index in [1.807, 2.05) is 59.5 Å². The molecule has 3 N–H and O–H groups in total. The number of rotatable bonds is 7. The number of benzene rings is 3. The fourth-order valence-corrected chi connectivity index (χ4v) is 4.50. The fraction of sp³-hybridized carbons (Fsp3) is 0.296. The Morgan fingerprint density at radius 2 is 1.65 bits per heavy atom. The van der Waals surface area contributed by atoms with Gasteiger partial charge in [-0.2, -0.15) is 0 Å². The number of nitrogens with zero attached hydrogens (tertiary/aromatic N) is 1. The first-order valence-corrected chi connectivity index (χ1v) is 11.3. The van der Waals surface area contributed by atoms with Crippen LogP contribution >= 0.6 is 0 Å². The number of nitrogens with one attached hydrogen (secondary N) is 1. The minimum Gasteiger partial charge on any atom is -0.356 e. The van der Waals surface area contributed by atoms with Crippen molar-refractivity contribution in [2.45, 2.75) is 45.2 Å². The summed E-state index contributed by atoms with van der Waals surface area (Å²) < 4.78 is 0. The van der Waals surface area contributed by atoms with E-state index in [1.54, 1.807) is 0 Å². The van der Waals surface area contributed by atoms with Crippen LogP contribution in [0.1, 0.15) is 43.9 Å². The predicted molar refractivity (Wildman–Crippen MR) is 128 cm³/mol. The molecule has 0 spiro atoms. The second kappa shape index (κ2) is 9.80. The first-order chi connectivity index (χ1) is 15.1. The van der Waals surface area contributed by atoms with Gasteiger partial charge in [0.2, 0.25) is 0 Å². The van der Waals surface area contributed by atoms with Crippen LogP contribution in [0.25, 0.3) is 0 Å². The van der Waals surface area contributed by atoms with E-state index in [0.717, 1.165) is 29.9 Å². The maximum Gasteiger partial charge on any atom is 0.282 e. The van der Waals surface area contributed by atoms with Gasteiger partial charge in [-0.15, -0.1) is 0 Å². The highest BCUT2D eigenvalue weighted by Crippen LogP contribution is 2.27. The Labute approximate surface area is 185 Å². The van der Waals surface area contributed by atoms with Gasteiger partial charge in [0.1, 0.15) is 6.04 Å². The molecule has 0 heterocycles. The fourth-order valence-electron chi connectivity index (χ4n) is 4.50. The molecule has 0 aromatic heterocycles. The molecule has 4 heteroatoms. The number of quaternary nitrogens is 1. The van der Waals surface area contributed by atoms with Crippen molar-refractivity contribution in [1.82, 2.24) is 0 Å². The average Bonchev–Trinajstić information content (AvgIpc) is 2.79. The van der Waals surface area contributed by atoms with Crippen molar-refractivity contribution in [1.29, 1.82) is 0 Å². The normalized spacial score (nSPS) is 15.4. The number of carbonyl (C=O) groups is 1. The molecule has 4 nitrogen and oxygen atoms in total. The molecule has 0 fully saturated rings. The number of aryl methyl sites for hydroxylation is 1. The van der Waals surface area contributed by atoms with Crippen LogP contribution in [0.3, 0.4) is 0 Å². The highest BCUT2D eigenvalue weighted by molar-refractivity contribution is 5.94. The lowest BCUT2D eigenvalue weighted by Gasteiger charge is -2.28. The third-order valence-electron chi connectivity index (χ3n) is 5.99. The number of para-hydroxylation sites is 1. The highest BCUT2D eigenvalue weighted by Gasteiger charge is 2.26. The quantitative estimate of drug-likeness (QED) is 0.583. The SMILES string of the molecule is CC(C)N(C(=O)C[NH2+][C@@H]1CCCc2ccccc21)c1ccc(Nc2ccccc2)cc1. The topological polar surface area (TPSA) is 49.0 Å². The van der Waals surface area contributed by atoms with Crippen molar-refractivity contribution in [2.24, 2.45) is 0 Å². The van der Waals surface area contributed by atoms with Crippen molar-refractivity contribution in [2.75, 3.05) is 16.8 Å². The second-order valence-electron chi connectivity index (χ2n) is 8.53. The zero-order valence-electron chi connectivity index (χ0n) is 18.4. The lowest BCUT2D eigenvalue weighted by atomic mass is 9.88. The number of nitrogens with two attached hydrogens (primary N) is 1. The molecule has 1 aliphatic rings. The summed E-state index contributed by atoms with van der Waals surface area (Å²) in [6.45, 7) is 4.61. The van der Waals surface area contributed by atoms with Gasteiger partial charge in [-0.25, -0.2) is 0 Å². The van der Waals surface area contributed by atoms with E-state index in [2.05, 4.69) is 48.7 Å². The zero-order valence-corrected chi connectivity index (χ0v) is 18.4. The van der Waals surface area contributed by atoms with E-state index in [0.29, 0.717) is 12.6 Å². The minimum atomic E-state index is 0.104. The maximum absolute atomic E-state index is 13.2. The van der Waals surface area contributed by atoms with Crippen molar-refractivity contribution < 1.29 is 10.1 Å². The van der Waals surface area contributed by atoms with Gasteiger partial charge in [-0.1, -0.05) is 42.5 Å². The first-order valence-electron chi connectivity index (χ1n) is 11.3. The third kappa shape index (κ3) is 5.15. The van der Waals surface area contributed by atoms with Gasteiger partial charge in [0.05, 0.1) is 0 Å². The standard InChI is InChI=1S/C27H31N3O/c1-20(2)30(24-17-15-23(16-18-24)29-22-11-4-3-5-12-22)27(31)19-28-26-14-8-10-21-9-6-7-13-25(21)26/h3-7,9,11-13,15-18,20,26,28-29H,8,10,14,19H2,1-2H3/p+1/t26-/m1/s1. The molecule has 0 bridgehead atoms. The van der Waals surface area contributed by atoms with Gasteiger partial charge >= 0.3 is 0 Å². The van der Waals surface area contributed by atoms with Gasteiger partial charge in [0.25, 0.3) is 5.91 Å². The first kappa shape index (κ1) is 21.1. The summed E-state index contributed by atoms with van der Waals surface area (Å²) in [5.74, 6) is 0.154. The van der Waals surface area contributed by atoms with Crippen LogP contribution < -0.4 is 15.5 Å². The lowest BCUT2D eigenvalue weighted by molar-refractivity contribution is -0.687. The summed E-state index contributed by atoms with van der Waals surface area (Å²) >= 11 is 0. The molecule has 0 saturated carbocycles. The molecule has 0 unspecified atom stereocenters. The Morgan fingerprint density at radius 1 is 0.968 bits per heavy atom. The van der Waals surface area contributed by atoms with Gasteiger partial charge in [-0.05, 0) is 68.7 Å². The predicted octanol–water partition coefficient (Wildman–Crippen LogP) is 4.81. The largest absolute Gasteiger partial charge is 0.356 e. The highest BCUT2D eigenvalue weighted by atomic mass is 16.2. The van der Waals surface area contributed by atoms with Gasteiger partial charge in [0.15, 0.2) is 6.54 Å². The Hall–Kier alpha value is -3.11. The summed E-state index contributed by atoms with van der Waals surface area (Å²) in [7, 11) is 0. The van der Waals surface area contributed by atoms with Crippen LogP contribution in [-0.4, -0.2) is 18.5 Å². The lowest BCUT2D eigenvalue weighted by Crippen LogP contribution is -2.88. The van der Waals surface area contributed by atoms with Gasteiger partial charge in [0, 0.05) is 35.1 Å². The Balaban J connectivity index is 1.42. The summed E-state index contributed by atoms with van der Waals surface area (Å²) in [6.07, 6.45) is 3.47. The van der Waals surface area contributed by atoms with E-state index in [-0.39, 0.29) is 11.9 Å². The smallest absolute Gasteiger partial charge is 0.282 e. The molecule has 3 aromatic rings. The summed E-state index contributed by atoms with van der Waals surface area (Å²) in [5.41, 5.74) is 5.83. The summed E-state index contributed by atoms with van der Waals surface area (Å²) in [5, 5.41) is 5.62. The van der Waals surface area contributed by atoms with E-state index in [4.69, 9.17) is 0 Å². The molecule has 1 atom stereocenters. The number of anilines is 3. The number of carbonyl (C=O) groups excluding carboxylic acids is 1. The average molecular weight is 415 g/mol. The maximum atomic E-state index is 13.2. The second-order valence-corrected chi connectivity index (χ2v) is 8.53. The van der Waals surface area contributed by atoms with Crippen LogP contribution in [0.4, 0.5) is 17.1 Å². The number of hydrogen-bond donors (Lipinski definition) is 2. The van der Waals surface area contributed by atoms with E-state index >= 15 is 0 Å². The Kier molecular flexibility index (Phi) is 6.68. The van der Waals surface area contributed by atoms with Crippen LogP contribution in [0, 0.1) is 0 Å². The van der Waals surface area contributed by atoms with E-state index in [1.165, 1.54) is 17.5 Å². The van der Waals surface area contributed by atoms with Gasteiger partial charge in [-0.3, -0.25) is 4.79 Å². The molecule has 1 amide bonds. The number of hydrogen-bond acceptors (Lipinski definition) is 2. The minimum absolute atomic E-state index is 0.104. The van der Waals surface area contributed by atoms with Crippen molar-refractivity contribution in [3.63, 3.8) is 0 Å². The molecular formula is C27H32N3O+. The third-order valence-corrected chi connectivity index (χ3v) is 5.99. The molecule has 0 saturated heterocycles. The van der Waals surface area contributed by atoms with E-state index in [9.17, 15) is 4.79 Å². The van der Waals surface area contributed by atoms with Crippen molar-refractivity contribution in [3.05, 3.63) is 90.0 Å². The zero-order chi connectivity index (χ0) is 21.6. The number of amides is 1. The summed E-state index contributed by atoms with van der Waals surface area (Å²) in [4.78, 5) is 15.1. The van der Waals surface area contributed by atoms with Crippen LogP contribution in [-0.2, 0) is 11.2 Å². The van der Waals surface area contributed by atoms with Crippen LogP contribution in [0.15, 0.2) is 78.9 Å². The van der Waals surface area contributed by atoms with Crippen molar-refractivity contribution >= 4 is 23.0 Å². The summed E-state index contributed by atoms with van der Waals surface area (Å²) in [6, 6.07) is 27.4. The molecule has 0 radical (unpaired) electrons. The molecule has 31 heavy (non-hydrogen) atoms. The molecule has 160 valence electrons. The van der Waals surface area contributed by atoms with Gasteiger partial charge < -0.3 is 15.5 Å². The Morgan fingerprint density at radius 3 is 2.39 bits per heavy atom. The molecular weight excluding hydrogens is 382 g/mol. The molecule has 3 aromatic carbocycles. The van der Waals surface area contributed by atoms with Crippen LogP contribution in [0.2, 0.25) is 0 Å². The van der Waals surface area contributed by atoms with Crippen LogP contribution in [0.5, 0.6) is 0 Å². The number of fused-ring (bicyclic) bond motifs is 1. The molecule has 1 aliphatic carbocycles. The van der Waals surface area contributed by atoms with E-state index < -0.39 is 0 Å². The Bertz CT molecular complexity index is 999.